The van der Waals surface area contributed by atoms with Gasteiger partial charge in [-0.25, -0.2) is 0 Å². The first kappa shape index (κ1) is 20.8. The van der Waals surface area contributed by atoms with E-state index in [4.69, 9.17) is 0 Å². The summed E-state index contributed by atoms with van der Waals surface area (Å²) in [5, 5.41) is 6.00. The number of hydrogen-bond acceptors (Lipinski definition) is 3. The third-order valence-corrected chi connectivity index (χ3v) is 6.21. The van der Waals surface area contributed by atoms with Gasteiger partial charge in [0.15, 0.2) is 0 Å². The molecule has 0 aromatic heterocycles. The van der Waals surface area contributed by atoms with Crippen LogP contribution in [0.5, 0.6) is 0 Å². The number of hydrogen-bond donors (Lipinski definition) is 2. The summed E-state index contributed by atoms with van der Waals surface area (Å²) in [6.45, 7) is 6.65. The monoisotopic (exact) mass is 385 g/mol. The highest BCUT2D eigenvalue weighted by Crippen LogP contribution is 2.28. The lowest BCUT2D eigenvalue weighted by molar-refractivity contribution is -0.121. The number of piperidine rings is 1. The smallest absolute Gasteiger partial charge is 0.251 e. The Hall–Kier alpha value is -1.88. The maximum atomic E-state index is 13.0. The normalized spacial score (nSPS) is 21.3. The molecule has 1 aliphatic carbocycles. The largest absolute Gasteiger partial charge is 0.352 e. The molecule has 5 nitrogen and oxygen atoms in total. The highest BCUT2D eigenvalue weighted by molar-refractivity contribution is 5.98. The van der Waals surface area contributed by atoms with Gasteiger partial charge in [0.2, 0.25) is 5.91 Å². The fourth-order valence-electron chi connectivity index (χ4n) is 4.47. The van der Waals surface area contributed by atoms with Crippen molar-refractivity contribution in [3.05, 3.63) is 29.3 Å². The zero-order valence-electron chi connectivity index (χ0n) is 17.4. The highest BCUT2D eigenvalue weighted by atomic mass is 16.2. The Kier molecular flexibility index (Phi) is 7.49. The van der Waals surface area contributed by atoms with Crippen LogP contribution in [0.1, 0.15) is 74.2 Å². The maximum Gasteiger partial charge on any atom is 0.251 e. The quantitative estimate of drug-likeness (QED) is 0.774. The average Bonchev–Trinajstić information content (AvgIpc) is 2.74. The molecule has 1 aromatic carbocycles. The highest BCUT2D eigenvalue weighted by Gasteiger charge is 2.30. The first-order valence-corrected chi connectivity index (χ1v) is 11.0. The summed E-state index contributed by atoms with van der Waals surface area (Å²) in [6, 6.07) is 6.20. The van der Waals surface area contributed by atoms with Crippen molar-refractivity contribution in [2.24, 2.45) is 5.92 Å². The molecule has 2 fully saturated rings. The molecule has 1 aliphatic heterocycles. The van der Waals surface area contributed by atoms with Crippen LogP contribution >= 0.6 is 0 Å². The zero-order valence-corrected chi connectivity index (χ0v) is 17.4. The van der Waals surface area contributed by atoms with Gasteiger partial charge in [0.05, 0.1) is 5.92 Å². The Morgan fingerprint density at radius 2 is 1.89 bits per heavy atom. The van der Waals surface area contributed by atoms with Gasteiger partial charge in [-0.2, -0.15) is 0 Å². The fourth-order valence-corrected chi connectivity index (χ4v) is 4.47. The van der Waals surface area contributed by atoms with Crippen LogP contribution in [0.3, 0.4) is 0 Å². The zero-order chi connectivity index (χ0) is 19.9. The molecule has 1 saturated heterocycles. The number of carbonyl (C=O) groups excluding carboxylic acids is 2. The summed E-state index contributed by atoms with van der Waals surface area (Å²) in [5.41, 5.74) is 2.34. The molecule has 2 N–H and O–H groups in total. The van der Waals surface area contributed by atoms with Gasteiger partial charge in [-0.05, 0) is 63.3 Å². The minimum absolute atomic E-state index is 0.0349. The van der Waals surface area contributed by atoms with Crippen molar-refractivity contribution in [1.29, 1.82) is 0 Å². The predicted molar refractivity (Wildman–Crippen MR) is 114 cm³/mol. The van der Waals surface area contributed by atoms with Crippen LogP contribution in [-0.4, -0.2) is 42.4 Å². The molecule has 5 heteroatoms. The van der Waals surface area contributed by atoms with Gasteiger partial charge in [0.25, 0.3) is 5.91 Å². The summed E-state index contributed by atoms with van der Waals surface area (Å²) in [4.78, 5) is 27.8. The van der Waals surface area contributed by atoms with E-state index in [-0.39, 0.29) is 17.7 Å². The van der Waals surface area contributed by atoms with Crippen LogP contribution in [0.25, 0.3) is 0 Å². The van der Waals surface area contributed by atoms with Crippen LogP contribution in [0.2, 0.25) is 0 Å². The van der Waals surface area contributed by atoms with Crippen LogP contribution in [-0.2, 0) is 4.79 Å². The van der Waals surface area contributed by atoms with E-state index in [0.717, 1.165) is 43.6 Å². The Bertz CT molecular complexity index is 682. The van der Waals surface area contributed by atoms with Crippen molar-refractivity contribution in [2.75, 3.05) is 25.0 Å². The molecule has 1 aromatic rings. The van der Waals surface area contributed by atoms with E-state index >= 15 is 0 Å². The Balaban J connectivity index is 1.62. The molecule has 154 valence electrons. The molecular weight excluding hydrogens is 350 g/mol. The number of anilines is 1. The van der Waals surface area contributed by atoms with E-state index in [1.54, 1.807) is 6.07 Å². The maximum absolute atomic E-state index is 13.0. The number of nitrogens with one attached hydrogen (secondary N) is 2. The first-order valence-electron chi connectivity index (χ1n) is 11.0. The van der Waals surface area contributed by atoms with Crippen molar-refractivity contribution < 1.29 is 9.59 Å². The minimum Gasteiger partial charge on any atom is -0.352 e. The van der Waals surface area contributed by atoms with Crippen LogP contribution in [0.4, 0.5) is 5.69 Å². The van der Waals surface area contributed by atoms with Crippen LogP contribution in [0.15, 0.2) is 18.2 Å². The number of aryl methyl sites for hydroxylation is 1. The Morgan fingerprint density at radius 3 is 2.64 bits per heavy atom. The van der Waals surface area contributed by atoms with Gasteiger partial charge >= 0.3 is 0 Å². The molecule has 0 bridgehead atoms. The summed E-state index contributed by atoms with van der Waals surface area (Å²) in [5.74, 6) is 0.0425. The summed E-state index contributed by atoms with van der Waals surface area (Å²) in [6.07, 6.45) is 9.51. The summed E-state index contributed by atoms with van der Waals surface area (Å²) < 4.78 is 0. The molecule has 0 spiro atoms. The van der Waals surface area contributed by atoms with Crippen molar-refractivity contribution in [1.82, 2.24) is 10.2 Å². The number of likely N-dealkylation sites (tertiary alicyclic amines) is 1. The number of nitrogens with zero attached hydrogens (tertiary/aromatic N) is 1. The molecule has 2 aliphatic rings. The third-order valence-electron chi connectivity index (χ3n) is 6.21. The molecule has 1 saturated carbocycles. The van der Waals surface area contributed by atoms with Crippen LogP contribution in [0, 0.1) is 12.8 Å². The van der Waals surface area contributed by atoms with Crippen molar-refractivity contribution >= 4 is 17.5 Å². The van der Waals surface area contributed by atoms with E-state index in [2.05, 4.69) is 15.5 Å². The molecular formula is C23H35N3O2. The standard InChI is InChI=1S/C23H35N3O2/c1-3-13-24-22(27)18-12-11-17(2)21(15-18)25-23(28)19-8-7-14-26(16-19)20-9-5-4-6-10-20/h11-12,15,19-20H,3-10,13-14,16H2,1-2H3,(H,24,27)(H,25,28). The topological polar surface area (TPSA) is 61.4 Å². The lowest BCUT2D eigenvalue weighted by Crippen LogP contribution is -2.46. The van der Waals surface area contributed by atoms with Crippen molar-refractivity contribution in [2.45, 2.75) is 71.3 Å². The number of rotatable bonds is 6. The van der Waals surface area contributed by atoms with E-state index in [9.17, 15) is 9.59 Å². The van der Waals surface area contributed by atoms with E-state index in [1.807, 2.05) is 26.0 Å². The third kappa shape index (κ3) is 5.34. The van der Waals surface area contributed by atoms with Gasteiger partial charge in [0, 0.05) is 30.4 Å². The number of amides is 2. The predicted octanol–water partition coefficient (Wildman–Crippen LogP) is 4.12. The van der Waals surface area contributed by atoms with Gasteiger partial charge in [-0.3, -0.25) is 14.5 Å². The molecule has 28 heavy (non-hydrogen) atoms. The molecule has 0 radical (unpaired) electrons. The van der Waals surface area contributed by atoms with Gasteiger partial charge in [0.1, 0.15) is 0 Å². The molecule has 2 amide bonds. The Morgan fingerprint density at radius 1 is 1.11 bits per heavy atom. The minimum atomic E-state index is -0.0847. The lowest BCUT2D eigenvalue weighted by Gasteiger charge is -2.39. The van der Waals surface area contributed by atoms with Gasteiger partial charge < -0.3 is 10.6 Å². The van der Waals surface area contributed by atoms with Crippen molar-refractivity contribution in [3.8, 4) is 0 Å². The van der Waals surface area contributed by atoms with E-state index < -0.39 is 0 Å². The van der Waals surface area contributed by atoms with Gasteiger partial charge in [-0.15, -0.1) is 0 Å². The first-order chi connectivity index (χ1) is 13.6. The van der Waals surface area contributed by atoms with E-state index in [1.165, 1.54) is 32.1 Å². The van der Waals surface area contributed by atoms with E-state index in [0.29, 0.717) is 18.2 Å². The second kappa shape index (κ2) is 10.1. The second-order valence-electron chi connectivity index (χ2n) is 8.40. The molecule has 1 atom stereocenters. The lowest BCUT2D eigenvalue weighted by atomic mass is 9.90. The Labute approximate surface area is 169 Å². The number of carbonyl (C=O) groups is 2. The second-order valence-corrected chi connectivity index (χ2v) is 8.40. The van der Waals surface area contributed by atoms with Gasteiger partial charge in [-0.1, -0.05) is 32.3 Å². The summed E-state index contributed by atoms with van der Waals surface area (Å²) >= 11 is 0. The SMILES string of the molecule is CCCNC(=O)c1ccc(C)c(NC(=O)C2CCCN(C3CCCCC3)C2)c1. The fraction of sp³-hybridized carbons (Fsp3) is 0.652. The molecule has 1 unspecified atom stereocenters. The molecule has 3 rings (SSSR count). The van der Waals surface area contributed by atoms with Crippen molar-refractivity contribution in [3.63, 3.8) is 0 Å². The van der Waals surface area contributed by atoms with Crippen LogP contribution < -0.4 is 10.6 Å². The molecule has 1 heterocycles. The average molecular weight is 386 g/mol. The number of benzene rings is 1. The summed E-state index contributed by atoms with van der Waals surface area (Å²) in [7, 11) is 0.